The molecule has 0 spiro atoms. The molecule has 8 nitrogen and oxygen atoms in total. The predicted molar refractivity (Wildman–Crippen MR) is 114 cm³/mol. The summed E-state index contributed by atoms with van der Waals surface area (Å²) in [6.45, 7) is 7.34. The molecule has 30 heavy (non-hydrogen) atoms. The molecule has 1 aliphatic heterocycles. The van der Waals surface area contributed by atoms with Crippen LogP contribution in [0.15, 0.2) is 53.7 Å². The molecular weight excluding hydrogens is 402 g/mol. The second kappa shape index (κ2) is 6.90. The van der Waals surface area contributed by atoms with Crippen LogP contribution >= 0.6 is 0 Å². The summed E-state index contributed by atoms with van der Waals surface area (Å²) in [5, 5.41) is 0.701. The number of hydrogen-bond acceptors (Lipinski definition) is 6. The van der Waals surface area contributed by atoms with Crippen LogP contribution in [0.5, 0.6) is 0 Å². The van der Waals surface area contributed by atoms with Crippen molar-refractivity contribution in [1.82, 2.24) is 23.8 Å². The lowest BCUT2D eigenvalue weighted by atomic mass is 10.0. The third kappa shape index (κ3) is 2.92. The molecule has 1 N–H and O–H groups in total. The van der Waals surface area contributed by atoms with Gasteiger partial charge in [-0.1, -0.05) is 18.2 Å². The lowest BCUT2D eigenvalue weighted by Gasteiger charge is -2.39. The average Bonchev–Trinajstić information content (AvgIpc) is 3.39. The number of aromatic amines is 1. The van der Waals surface area contributed by atoms with Gasteiger partial charge in [-0.2, -0.15) is 0 Å². The second-order valence-electron chi connectivity index (χ2n) is 7.93. The number of morpholine rings is 1. The fraction of sp³-hybridized carbons (Fsp3) is 0.333. The molecule has 0 unspecified atom stereocenters. The van der Waals surface area contributed by atoms with Crippen LogP contribution in [-0.2, 0) is 20.3 Å². The Morgan fingerprint density at radius 3 is 2.57 bits per heavy atom. The summed E-state index contributed by atoms with van der Waals surface area (Å²) in [6, 6.07) is 10.1. The zero-order chi connectivity index (χ0) is 20.9. The number of hydrogen-bond donors (Lipinski definition) is 1. The monoisotopic (exact) mass is 425 g/mol. The van der Waals surface area contributed by atoms with Crippen LogP contribution in [-0.4, -0.2) is 58.5 Å². The van der Waals surface area contributed by atoms with Gasteiger partial charge < -0.3 is 9.72 Å². The summed E-state index contributed by atoms with van der Waals surface area (Å²) < 4.78 is 32.9. The second-order valence-corrected chi connectivity index (χ2v) is 9.75. The molecule has 156 valence electrons. The molecule has 0 amide bonds. The molecule has 1 fully saturated rings. The SMILES string of the molecule is CC(C)(c1nc2c(cnc3c2ccn3S(=O)(=O)c2ccccc2)[nH]1)N1CCOCC1. The lowest BCUT2D eigenvalue weighted by Crippen LogP contribution is -2.48. The molecule has 4 heterocycles. The van der Waals surface area contributed by atoms with Crippen molar-refractivity contribution < 1.29 is 13.2 Å². The van der Waals surface area contributed by atoms with E-state index in [-0.39, 0.29) is 10.4 Å². The van der Waals surface area contributed by atoms with Gasteiger partial charge in [0, 0.05) is 24.7 Å². The van der Waals surface area contributed by atoms with Crippen molar-refractivity contribution in [3.8, 4) is 0 Å². The Balaban J connectivity index is 1.62. The van der Waals surface area contributed by atoms with Crippen LogP contribution in [0.4, 0.5) is 0 Å². The first kappa shape index (κ1) is 19.2. The third-order valence-corrected chi connectivity index (χ3v) is 7.49. The highest BCUT2D eigenvalue weighted by Crippen LogP contribution is 2.31. The third-order valence-electron chi connectivity index (χ3n) is 5.81. The summed E-state index contributed by atoms with van der Waals surface area (Å²) in [5.41, 5.74) is 1.56. The van der Waals surface area contributed by atoms with E-state index < -0.39 is 10.0 Å². The van der Waals surface area contributed by atoms with Crippen LogP contribution in [0.2, 0.25) is 0 Å². The van der Waals surface area contributed by atoms with Crippen molar-refractivity contribution in [3.63, 3.8) is 0 Å². The highest BCUT2D eigenvalue weighted by molar-refractivity contribution is 7.90. The molecule has 0 atom stereocenters. The predicted octanol–water partition coefficient (Wildman–Crippen LogP) is 2.72. The maximum absolute atomic E-state index is 13.1. The largest absolute Gasteiger partial charge is 0.379 e. The summed E-state index contributed by atoms with van der Waals surface area (Å²) in [6.07, 6.45) is 3.20. The maximum atomic E-state index is 13.1. The minimum Gasteiger partial charge on any atom is -0.379 e. The zero-order valence-electron chi connectivity index (χ0n) is 16.9. The first-order valence-corrected chi connectivity index (χ1v) is 11.3. The first-order chi connectivity index (χ1) is 14.4. The number of aromatic nitrogens is 4. The van der Waals surface area contributed by atoms with Crippen LogP contribution in [0.3, 0.4) is 0 Å². The highest BCUT2D eigenvalue weighted by atomic mass is 32.2. The highest BCUT2D eigenvalue weighted by Gasteiger charge is 2.33. The van der Waals surface area contributed by atoms with Gasteiger partial charge >= 0.3 is 0 Å². The minimum absolute atomic E-state index is 0.223. The Hall–Kier alpha value is -2.75. The van der Waals surface area contributed by atoms with Gasteiger partial charge in [0.15, 0.2) is 5.65 Å². The molecule has 0 saturated carbocycles. The van der Waals surface area contributed by atoms with E-state index in [1.165, 1.54) is 3.97 Å². The fourth-order valence-electron chi connectivity index (χ4n) is 3.99. The summed E-state index contributed by atoms with van der Waals surface area (Å²) in [4.78, 5) is 15.3. The van der Waals surface area contributed by atoms with Crippen LogP contribution < -0.4 is 0 Å². The van der Waals surface area contributed by atoms with E-state index in [1.807, 2.05) is 0 Å². The molecular formula is C21H23N5O3S. The molecule has 9 heteroatoms. The quantitative estimate of drug-likeness (QED) is 0.540. The zero-order valence-corrected chi connectivity index (χ0v) is 17.7. The van der Waals surface area contributed by atoms with Crippen molar-refractivity contribution in [3.05, 3.63) is 54.6 Å². The van der Waals surface area contributed by atoms with Gasteiger partial charge in [0.25, 0.3) is 10.0 Å². The van der Waals surface area contributed by atoms with E-state index in [2.05, 4.69) is 28.7 Å². The van der Waals surface area contributed by atoms with Gasteiger partial charge in [0.1, 0.15) is 11.3 Å². The standard InChI is InChI=1S/C21H23N5O3S/c1-21(2,25-10-12-29-13-11-25)20-23-17-14-22-19-16(18(17)24-20)8-9-26(19)30(27,28)15-6-4-3-5-7-15/h3-9,14H,10-13H2,1-2H3,(H,23,24). The average molecular weight is 426 g/mol. The van der Waals surface area contributed by atoms with Crippen LogP contribution in [0.1, 0.15) is 19.7 Å². The smallest absolute Gasteiger partial charge is 0.269 e. The number of rotatable bonds is 4. The van der Waals surface area contributed by atoms with Gasteiger partial charge in [-0.25, -0.2) is 22.4 Å². The normalized spacial score (nSPS) is 16.5. The number of nitrogens with zero attached hydrogens (tertiary/aromatic N) is 4. The molecule has 1 aliphatic rings. The Kier molecular flexibility index (Phi) is 4.42. The Morgan fingerprint density at radius 2 is 1.83 bits per heavy atom. The first-order valence-electron chi connectivity index (χ1n) is 9.89. The molecule has 0 bridgehead atoms. The number of H-pyrrole nitrogens is 1. The summed E-state index contributed by atoms with van der Waals surface area (Å²) in [5.74, 6) is 0.826. The number of benzene rings is 1. The Morgan fingerprint density at radius 1 is 1.10 bits per heavy atom. The van der Waals surface area contributed by atoms with Crippen molar-refractivity contribution in [1.29, 1.82) is 0 Å². The number of ether oxygens (including phenoxy) is 1. The molecule has 5 rings (SSSR count). The van der Waals surface area contributed by atoms with E-state index >= 15 is 0 Å². The van der Waals surface area contributed by atoms with E-state index in [0.717, 1.165) is 29.9 Å². The number of imidazole rings is 1. The molecule has 4 aromatic rings. The number of pyridine rings is 1. The van der Waals surface area contributed by atoms with E-state index in [1.54, 1.807) is 48.8 Å². The van der Waals surface area contributed by atoms with Crippen molar-refractivity contribution >= 4 is 32.1 Å². The molecule has 0 radical (unpaired) electrons. The molecule has 3 aromatic heterocycles. The number of nitrogens with one attached hydrogen (secondary N) is 1. The molecule has 1 aromatic carbocycles. The van der Waals surface area contributed by atoms with Crippen molar-refractivity contribution in [2.24, 2.45) is 0 Å². The van der Waals surface area contributed by atoms with E-state index in [9.17, 15) is 8.42 Å². The fourth-order valence-corrected chi connectivity index (χ4v) is 5.31. The molecule has 1 saturated heterocycles. The van der Waals surface area contributed by atoms with Gasteiger partial charge in [-0.05, 0) is 32.0 Å². The number of fused-ring (bicyclic) bond motifs is 3. The van der Waals surface area contributed by atoms with Gasteiger partial charge in [0.05, 0.1) is 35.4 Å². The van der Waals surface area contributed by atoms with Gasteiger partial charge in [-0.15, -0.1) is 0 Å². The topological polar surface area (TPSA) is 93.1 Å². The summed E-state index contributed by atoms with van der Waals surface area (Å²) >= 11 is 0. The summed E-state index contributed by atoms with van der Waals surface area (Å²) in [7, 11) is -3.74. The van der Waals surface area contributed by atoms with E-state index in [4.69, 9.17) is 9.72 Å². The van der Waals surface area contributed by atoms with Crippen LogP contribution in [0, 0.1) is 0 Å². The Labute approximate surface area is 174 Å². The van der Waals surface area contributed by atoms with Gasteiger partial charge in [-0.3, -0.25) is 4.90 Å². The Bertz CT molecular complexity index is 1320. The van der Waals surface area contributed by atoms with Crippen LogP contribution in [0.25, 0.3) is 22.1 Å². The van der Waals surface area contributed by atoms with Crippen molar-refractivity contribution in [2.45, 2.75) is 24.3 Å². The molecule has 0 aliphatic carbocycles. The lowest BCUT2D eigenvalue weighted by molar-refractivity contribution is -0.0143. The van der Waals surface area contributed by atoms with Gasteiger partial charge in [0.2, 0.25) is 0 Å². The minimum atomic E-state index is -3.74. The van der Waals surface area contributed by atoms with Crippen molar-refractivity contribution in [2.75, 3.05) is 26.3 Å². The maximum Gasteiger partial charge on any atom is 0.269 e. The van der Waals surface area contributed by atoms with E-state index in [0.29, 0.717) is 24.2 Å².